The summed E-state index contributed by atoms with van der Waals surface area (Å²) < 4.78 is 13.1. The van der Waals surface area contributed by atoms with E-state index < -0.39 is 5.41 Å². The van der Waals surface area contributed by atoms with Gasteiger partial charge in [0, 0.05) is 22.2 Å². The Kier molecular flexibility index (Phi) is 5.54. The van der Waals surface area contributed by atoms with Crippen molar-refractivity contribution in [1.29, 1.82) is 0 Å². The zero-order valence-corrected chi connectivity index (χ0v) is 13.9. The van der Waals surface area contributed by atoms with Gasteiger partial charge in [-0.05, 0) is 48.2 Å². The quantitative estimate of drug-likeness (QED) is 0.606. The first-order valence-electron chi connectivity index (χ1n) is 6.64. The van der Waals surface area contributed by atoms with E-state index in [2.05, 4.69) is 0 Å². The number of hydrogen-bond donors (Lipinski definition) is 0. The number of halogens is 4. The Morgan fingerprint density at radius 1 is 1.00 bits per heavy atom. The van der Waals surface area contributed by atoms with Crippen molar-refractivity contribution < 1.29 is 4.39 Å². The monoisotopic (exact) mass is 344 g/mol. The molecule has 0 atom stereocenters. The highest BCUT2D eigenvalue weighted by Crippen LogP contribution is 2.34. The molecule has 0 unspecified atom stereocenters. The minimum absolute atomic E-state index is 0.273. The Morgan fingerprint density at radius 2 is 1.62 bits per heavy atom. The summed E-state index contributed by atoms with van der Waals surface area (Å²) in [7, 11) is 0. The first kappa shape index (κ1) is 16.6. The van der Waals surface area contributed by atoms with Crippen LogP contribution in [-0.2, 0) is 11.8 Å². The molecule has 4 heteroatoms. The van der Waals surface area contributed by atoms with Gasteiger partial charge in [-0.25, -0.2) is 4.39 Å². The predicted molar refractivity (Wildman–Crippen MR) is 89.4 cm³/mol. The zero-order valence-electron chi connectivity index (χ0n) is 11.7. The summed E-state index contributed by atoms with van der Waals surface area (Å²) in [5.74, 6) is 0.406. The highest BCUT2D eigenvalue weighted by molar-refractivity contribution is 6.31. The lowest BCUT2D eigenvalue weighted by atomic mass is 9.78. The van der Waals surface area contributed by atoms with Gasteiger partial charge in [0.05, 0.1) is 0 Å². The fraction of sp³-hybridized carbons (Fsp3) is 0.294. The van der Waals surface area contributed by atoms with Crippen LogP contribution in [0.1, 0.15) is 16.7 Å². The molecule has 2 aromatic carbocycles. The standard InChI is InChI=1S/C17H16Cl3F/c1-12-2-3-13(16(20)8-12)9-17(10-18,11-19)14-4-6-15(21)7-5-14/h2-8H,9-11H2,1H3. The summed E-state index contributed by atoms with van der Waals surface area (Å²) in [6, 6.07) is 12.3. The van der Waals surface area contributed by atoms with E-state index in [1.165, 1.54) is 12.1 Å². The van der Waals surface area contributed by atoms with Gasteiger partial charge in [-0.1, -0.05) is 35.9 Å². The maximum absolute atomic E-state index is 13.1. The van der Waals surface area contributed by atoms with Crippen LogP contribution in [0, 0.1) is 12.7 Å². The lowest BCUT2D eigenvalue weighted by molar-refractivity contribution is 0.533. The molecule has 0 saturated heterocycles. The molecule has 0 amide bonds. The number of hydrogen-bond acceptors (Lipinski definition) is 0. The number of benzene rings is 2. The molecule has 112 valence electrons. The second kappa shape index (κ2) is 7.00. The molecule has 0 aliphatic rings. The third kappa shape index (κ3) is 3.71. The van der Waals surface area contributed by atoms with Crippen molar-refractivity contribution in [3.8, 4) is 0 Å². The molecule has 0 bridgehead atoms. The van der Waals surface area contributed by atoms with Crippen LogP contribution >= 0.6 is 34.8 Å². The molecular formula is C17H16Cl3F. The van der Waals surface area contributed by atoms with Gasteiger partial charge in [0.2, 0.25) is 0 Å². The van der Waals surface area contributed by atoms with Gasteiger partial charge in [0.25, 0.3) is 0 Å². The fourth-order valence-corrected chi connectivity index (χ4v) is 3.44. The molecule has 0 heterocycles. The lowest BCUT2D eigenvalue weighted by Crippen LogP contribution is -2.33. The zero-order chi connectivity index (χ0) is 15.5. The minimum atomic E-state index is -0.463. The molecule has 0 aliphatic carbocycles. The molecule has 0 aromatic heterocycles. The molecular weight excluding hydrogens is 330 g/mol. The van der Waals surface area contributed by atoms with Crippen molar-refractivity contribution in [1.82, 2.24) is 0 Å². The highest BCUT2D eigenvalue weighted by Gasteiger charge is 2.31. The third-order valence-electron chi connectivity index (χ3n) is 3.71. The smallest absolute Gasteiger partial charge is 0.123 e. The van der Waals surface area contributed by atoms with Crippen LogP contribution in [0.15, 0.2) is 42.5 Å². The molecule has 0 fully saturated rings. The second-order valence-electron chi connectivity index (χ2n) is 5.33. The third-order valence-corrected chi connectivity index (χ3v) is 5.08. The Labute approximate surface area is 139 Å². The molecule has 0 aliphatic heterocycles. The minimum Gasteiger partial charge on any atom is -0.207 e. The number of rotatable bonds is 5. The Balaban J connectivity index is 2.40. The summed E-state index contributed by atoms with van der Waals surface area (Å²) in [5.41, 5.74) is 2.56. The van der Waals surface area contributed by atoms with Crippen molar-refractivity contribution in [2.75, 3.05) is 11.8 Å². The van der Waals surface area contributed by atoms with Crippen LogP contribution in [-0.4, -0.2) is 11.8 Å². The first-order chi connectivity index (χ1) is 10.0. The van der Waals surface area contributed by atoms with E-state index in [0.717, 1.165) is 16.7 Å². The van der Waals surface area contributed by atoms with E-state index in [0.29, 0.717) is 23.2 Å². The van der Waals surface area contributed by atoms with Gasteiger partial charge in [-0.15, -0.1) is 23.2 Å². The molecule has 0 radical (unpaired) electrons. The predicted octanol–water partition coefficient (Wildman–Crippen LogP) is 5.75. The first-order valence-corrected chi connectivity index (χ1v) is 8.08. The maximum atomic E-state index is 13.1. The van der Waals surface area contributed by atoms with Crippen molar-refractivity contribution in [3.63, 3.8) is 0 Å². The summed E-state index contributed by atoms with van der Waals surface area (Å²) in [6.45, 7) is 1.99. The largest absolute Gasteiger partial charge is 0.207 e. The van der Waals surface area contributed by atoms with E-state index in [1.54, 1.807) is 12.1 Å². The molecule has 0 saturated carbocycles. The summed E-state index contributed by atoms with van der Waals surface area (Å²) in [5, 5.41) is 0.705. The van der Waals surface area contributed by atoms with Crippen LogP contribution in [0.3, 0.4) is 0 Å². The number of aryl methyl sites for hydroxylation is 1. The van der Waals surface area contributed by atoms with Crippen LogP contribution < -0.4 is 0 Å². The molecule has 21 heavy (non-hydrogen) atoms. The van der Waals surface area contributed by atoms with Gasteiger partial charge in [0.15, 0.2) is 0 Å². The van der Waals surface area contributed by atoms with Gasteiger partial charge < -0.3 is 0 Å². The van der Waals surface area contributed by atoms with Gasteiger partial charge >= 0.3 is 0 Å². The van der Waals surface area contributed by atoms with Crippen LogP contribution in [0.25, 0.3) is 0 Å². The normalized spacial score (nSPS) is 11.7. The van der Waals surface area contributed by atoms with E-state index in [1.807, 2.05) is 25.1 Å². The Morgan fingerprint density at radius 3 is 2.14 bits per heavy atom. The maximum Gasteiger partial charge on any atom is 0.123 e. The molecule has 0 N–H and O–H groups in total. The molecule has 2 aromatic rings. The Bertz CT molecular complexity index is 604. The molecule has 0 spiro atoms. The van der Waals surface area contributed by atoms with E-state index in [4.69, 9.17) is 34.8 Å². The average Bonchev–Trinajstić information content (AvgIpc) is 2.48. The van der Waals surface area contributed by atoms with Crippen LogP contribution in [0.5, 0.6) is 0 Å². The van der Waals surface area contributed by atoms with Crippen LogP contribution in [0.2, 0.25) is 5.02 Å². The Hall–Kier alpha value is -0.760. The topological polar surface area (TPSA) is 0 Å². The molecule has 0 nitrogen and oxygen atoms in total. The van der Waals surface area contributed by atoms with E-state index >= 15 is 0 Å². The summed E-state index contributed by atoms with van der Waals surface area (Å²) in [4.78, 5) is 0. The van der Waals surface area contributed by atoms with E-state index in [-0.39, 0.29) is 5.82 Å². The lowest BCUT2D eigenvalue weighted by Gasteiger charge is -2.31. The molecule has 2 rings (SSSR count). The van der Waals surface area contributed by atoms with Crippen molar-refractivity contribution in [3.05, 3.63) is 70.0 Å². The van der Waals surface area contributed by atoms with Crippen molar-refractivity contribution >= 4 is 34.8 Å². The summed E-state index contributed by atoms with van der Waals surface area (Å²) >= 11 is 18.7. The fourth-order valence-electron chi connectivity index (χ4n) is 2.35. The number of alkyl halides is 2. The van der Waals surface area contributed by atoms with Crippen molar-refractivity contribution in [2.45, 2.75) is 18.8 Å². The summed E-state index contributed by atoms with van der Waals surface area (Å²) in [6.07, 6.45) is 0.616. The van der Waals surface area contributed by atoms with Gasteiger partial charge in [0.1, 0.15) is 5.82 Å². The highest BCUT2D eigenvalue weighted by atomic mass is 35.5. The van der Waals surface area contributed by atoms with E-state index in [9.17, 15) is 4.39 Å². The SMILES string of the molecule is Cc1ccc(CC(CCl)(CCl)c2ccc(F)cc2)c(Cl)c1. The average molecular weight is 346 g/mol. The van der Waals surface area contributed by atoms with Gasteiger partial charge in [-0.3, -0.25) is 0 Å². The van der Waals surface area contributed by atoms with Crippen molar-refractivity contribution in [2.24, 2.45) is 0 Å². The van der Waals surface area contributed by atoms with Gasteiger partial charge in [-0.2, -0.15) is 0 Å². The second-order valence-corrected chi connectivity index (χ2v) is 6.27. The van der Waals surface area contributed by atoms with Crippen LogP contribution in [0.4, 0.5) is 4.39 Å².